The Morgan fingerprint density at radius 2 is 1.81 bits per heavy atom. The van der Waals surface area contributed by atoms with E-state index in [0.29, 0.717) is 5.92 Å². The molecular weight excluding hydrogens is 464 g/mol. The van der Waals surface area contributed by atoms with Crippen molar-refractivity contribution in [2.24, 2.45) is 16.6 Å². The van der Waals surface area contributed by atoms with Gasteiger partial charge in [-0.15, -0.1) is 0 Å². The average Bonchev–Trinajstić information content (AvgIpc) is 2.89. The summed E-state index contributed by atoms with van der Waals surface area (Å²) in [6.45, 7) is 4.15. The molecule has 6 rings (SSSR count). The zero-order valence-corrected chi connectivity index (χ0v) is 21.3. The van der Waals surface area contributed by atoms with E-state index in [1.165, 1.54) is 5.56 Å². The number of halogens is 1. The van der Waals surface area contributed by atoms with Gasteiger partial charge in [0.25, 0.3) is 0 Å². The number of allylic oxidation sites excluding steroid dienone is 1. The van der Waals surface area contributed by atoms with E-state index >= 15 is 0 Å². The van der Waals surface area contributed by atoms with Crippen LogP contribution in [0.3, 0.4) is 0 Å². The van der Waals surface area contributed by atoms with Gasteiger partial charge in [0.05, 0.1) is 5.54 Å². The summed E-state index contributed by atoms with van der Waals surface area (Å²) >= 11 is 6.69. The fraction of sp³-hybridized carbons (Fsp3) is 0.250. The van der Waals surface area contributed by atoms with Gasteiger partial charge in [0.2, 0.25) is 0 Å². The van der Waals surface area contributed by atoms with Crippen LogP contribution in [0.15, 0.2) is 83.5 Å². The number of rotatable bonds is 1. The second-order valence-corrected chi connectivity index (χ2v) is 10.8. The number of aliphatic imine (C=N–C) groups is 1. The molecule has 6 bridgehead atoms. The highest BCUT2D eigenvalue weighted by atomic mass is 35.5. The molecule has 2 aliphatic carbocycles. The van der Waals surface area contributed by atoms with Gasteiger partial charge in [-0.3, -0.25) is 9.79 Å². The molecule has 2 N–H and O–H groups in total. The third-order valence-electron chi connectivity index (χ3n) is 8.02. The minimum absolute atomic E-state index is 0.135. The zero-order chi connectivity index (χ0) is 25.0. The van der Waals surface area contributed by atoms with Crippen LogP contribution in [0.1, 0.15) is 65.1 Å². The number of fused-ring (bicyclic) bond motifs is 6. The third kappa shape index (κ3) is 3.70. The summed E-state index contributed by atoms with van der Waals surface area (Å²) in [6, 6.07) is 21.1. The predicted octanol–water partition coefficient (Wildman–Crippen LogP) is 6.75. The highest BCUT2D eigenvalue weighted by molar-refractivity contribution is 6.31. The van der Waals surface area contributed by atoms with Gasteiger partial charge in [0.15, 0.2) is 5.78 Å². The maximum Gasteiger partial charge on any atom is 0.163 e. The van der Waals surface area contributed by atoms with E-state index in [2.05, 4.69) is 66.5 Å². The van der Waals surface area contributed by atoms with Crippen LogP contribution in [0.5, 0.6) is 0 Å². The highest BCUT2D eigenvalue weighted by Gasteiger charge is 2.37. The van der Waals surface area contributed by atoms with Crippen molar-refractivity contribution in [2.75, 3.05) is 0 Å². The molecule has 3 nitrogen and oxygen atoms in total. The number of hydrogen-bond acceptors (Lipinski definition) is 3. The summed E-state index contributed by atoms with van der Waals surface area (Å²) in [7, 11) is 0. The first-order valence-corrected chi connectivity index (χ1v) is 13.0. The van der Waals surface area contributed by atoms with Crippen molar-refractivity contribution < 1.29 is 4.79 Å². The summed E-state index contributed by atoms with van der Waals surface area (Å²) in [4.78, 5) is 17.6. The van der Waals surface area contributed by atoms with Crippen LogP contribution in [-0.4, -0.2) is 12.0 Å². The van der Waals surface area contributed by atoms with Crippen molar-refractivity contribution in [2.45, 2.75) is 44.6 Å². The molecule has 1 aliphatic heterocycles. The van der Waals surface area contributed by atoms with Gasteiger partial charge in [-0.05, 0) is 93.5 Å². The quantitative estimate of drug-likeness (QED) is 0.408. The van der Waals surface area contributed by atoms with Crippen LogP contribution in [0.2, 0.25) is 5.02 Å². The van der Waals surface area contributed by atoms with Crippen molar-refractivity contribution in [3.63, 3.8) is 0 Å². The van der Waals surface area contributed by atoms with Crippen molar-refractivity contribution in [1.82, 2.24) is 0 Å². The van der Waals surface area contributed by atoms with Crippen LogP contribution in [-0.2, 0) is 23.2 Å². The Labute approximate surface area is 217 Å². The Morgan fingerprint density at radius 3 is 2.64 bits per heavy atom. The first-order valence-electron chi connectivity index (χ1n) is 12.6. The Morgan fingerprint density at radius 1 is 1.00 bits per heavy atom. The molecule has 0 amide bonds. The molecule has 0 radical (unpaired) electrons. The number of nitrogens with two attached hydrogens (primary N) is 1. The average molecular weight is 493 g/mol. The van der Waals surface area contributed by atoms with E-state index in [-0.39, 0.29) is 11.7 Å². The molecule has 36 heavy (non-hydrogen) atoms. The number of aryl methyl sites for hydroxylation is 2. The van der Waals surface area contributed by atoms with E-state index < -0.39 is 5.54 Å². The Bertz CT molecular complexity index is 1500. The molecular formula is C32H29ClN2O. The van der Waals surface area contributed by atoms with E-state index in [0.717, 1.165) is 68.8 Å². The number of ketones is 1. The normalized spacial score (nSPS) is 24.7. The Kier molecular flexibility index (Phi) is 5.59. The molecule has 3 aromatic rings. The Hall–Kier alpha value is -3.27. The number of carbonyl (C=O) groups is 1. The molecule has 180 valence electrons. The number of carbonyl (C=O) groups excluding carboxylic acids is 1. The van der Waals surface area contributed by atoms with Crippen molar-refractivity contribution >= 4 is 29.2 Å². The van der Waals surface area contributed by atoms with Crippen molar-refractivity contribution in [3.8, 4) is 0 Å². The predicted molar refractivity (Wildman–Crippen MR) is 148 cm³/mol. The summed E-state index contributed by atoms with van der Waals surface area (Å²) < 4.78 is 0. The number of hydrogen-bond donors (Lipinski definition) is 1. The third-order valence-corrected chi connectivity index (χ3v) is 8.39. The van der Waals surface area contributed by atoms with Crippen LogP contribution in [0, 0.1) is 5.92 Å². The number of benzene rings is 3. The maximum absolute atomic E-state index is 13.0. The molecule has 1 heterocycles. The van der Waals surface area contributed by atoms with Gasteiger partial charge < -0.3 is 5.73 Å². The lowest BCUT2D eigenvalue weighted by Crippen LogP contribution is -2.41. The van der Waals surface area contributed by atoms with E-state index in [4.69, 9.17) is 17.3 Å². The minimum Gasteiger partial charge on any atom is -0.314 e. The van der Waals surface area contributed by atoms with Crippen molar-refractivity contribution in [1.29, 1.82) is 0 Å². The minimum atomic E-state index is -0.872. The van der Waals surface area contributed by atoms with Crippen LogP contribution >= 0.6 is 11.6 Å². The molecule has 3 aliphatic rings. The second kappa shape index (κ2) is 8.69. The van der Waals surface area contributed by atoms with Gasteiger partial charge in [-0.25, -0.2) is 0 Å². The second-order valence-electron chi connectivity index (χ2n) is 10.4. The summed E-state index contributed by atoms with van der Waals surface area (Å²) in [5, 5.41) is 0.755. The zero-order valence-electron chi connectivity index (χ0n) is 20.6. The first kappa shape index (κ1) is 23.1. The van der Waals surface area contributed by atoms with Crippen LogP contribution in [0.4, 0.5) is 0 Å². The van der Waals surface area contributed by atoms with Gasteiger partial charge >= 0.3 is 0 Å². The summed E-state index contributed by atoms with van der Waals surface area (Å²) in [5.74, 6) is 0.244. The van der Waals surface area contributed by atoms with Gasteiger partial charge in [-0.2, -0.15) is 0 Å². The van der Waals surface area contributed by atoms with E-state index in [1.54, 1.807) is 0 Å². The molecule has 3 unspecified atom stereocenters. The monoisotopic (exact) mass is 492 g/mol. The molecule has 3 aromatic carbocycles. The summed E-state index contributed by atoms with van der Waals surface area (Å²) in [5.41, 5.74) is 16.1. The molecule has 0 spiro atoms. The fourth-order valence-electron chi connectivity index (χ4n) is 5.87. The maximum atomic E-state index is 13.0. The van der Waals surface area contributed by atoms with Crippen LogP contribution in [0.25, 0.3) is 5.57 Å². The molecule has 3 atom stereocenters. The SMILES string of the molecule is CC1C=NC=C(C2(N)c3ccc(Cl)c(c3)CCc3cccc(c3)C3=CC(=O)C(C)c4ccc2cc43)C1. The number of nitrogens with zero attached hydrogens (tertiary/aromatic N) is 1. The van der Waals surface area contributed by atoms with Crippen molar-refractivity contribution in [3.05, 3.63) is 122 Å². The van der Waals surface area contributed by atoms with Gasteiger partial charge in [0.1, 0.15) is 0 Å². The smallest absolute Gasteiger partial charge is 0.163 e. The largest absolute Gasteiger partial charge is 0.314 e. The highest BCUT2D eigenvalue weighted by Crippen LogP contribution is 2.44. The van der Waals surface area contributed by atoms with E-state index in [1.807, 2.05) is 31.5 Å². The Balaban J connectivity index is 1.67. The molecule has 0 saturated carbocycles. The lowest BCUT2D eigenvalue weighted by Gasteiger charge is -2.36. The lowest BCUT2D eigenvalue weighted by atomic mass is 9.72. The lowest BCUT2D eigenvalue weighted by molar-refractivity contribution is -0.115. The summed E-state index contributed by atoms with van der Waals surface area (Å²) in [6.07, 6.45) is 8.20. The van der Waals surface area contributed by atoms with Crippen LogP contribution < -0.4 is 5.73 Å². The molecule has 4 heteroatoms. The molecule has 0 saturated heterocycles. The standard InChI is InChI=1S/C32H29ClN2O/c1-19-12-26(18-35-17-19)32(34)24-9-11-30(33)23(14-24)7-6-21-4-3-5-22(13-21)28-16-31(36)20(2)27-10-8-25(32)15-29(27)28/h3-5,8-11,13-20H,6-7,12,34H2,1-2H3. The van der Waals surface area contributed by atoms with Gasteiger partial charge in [-0.1, -0.05) is 74.0 Å². The fourth-order valence-corrected chi connectivity index (χ4v) is 6.08. The molecule has 0 aromatic heterocycles. The first-order chi connectivity index (χ1) is 17.3. The topological polar surface area (TPSA) is 55.4 Å². The van der Waals surface area contributed by atoms with E-state index in [9.17, 15) is 4.79 Å². The molecule has 0 fully saturated rings. The van der Waals surface area contributed by atoms with Gasteiger partial charge in [0, 0.05) is 23.4 Å².